The van der Waals surface area contributed by atoms with E-state index >= 15 is 0 Å². The summed E-state index contributed by atoms with van der Waals surface area (Å²) in [4.78, 5) is 4.11. The lowest BCUT2D eigenvalue weighted by atomic mass is 9.89. The Kier molecular flexibility index (Phi) is 2.79. The fourth-order valence-corrected chi connectivity index (χ4v) is 1.57. The number of aromatic nitrogens is 2. The van der Waals surface area contributed by atoms with E-state index in [9.17, 15) is 0 Å². The number of rotatable bonds is 4. The van der Waals surface area contributed by atoms with E-state index in [2.05, 4.69) is 15.5 Å². The summed E-state index contributed by atoms with van der Waals surface area (Å²) in [7, 11) is 1.75. The topological polar surface area (TPSA) is 60.2 Å². The maximum atomic E-state index is 5.18. The van der Waals surface area contributed by atoms with Crippen LogP contribution in [0.25, 0.3) is 0 Å². The van der Waals surface area contributed by atoms with Crippen molar-refractivity contribution in [3.8, 4) is 0 Å². The molecule has 1 aromatic rings. The van der Waals surface area contributed by atoms with E-state index in [4.69, 9.17) is 9.26 Å². The zero-order chi connectivity index (χ0) is 9.97. The van der Waals surface area contributed by atoms with Gasteiger partial charge < -0.3 is 14.6 Å². The van der Waals surface area contributed by atoms with Gasteiger partial charge in [0.1, 0.15) is 0 Å². The predicted molar refractivity (Wildman–Crippen MR) is 49.7 cm³/mol. The van der Waals surface area contributed by atoms with Gasteiger partial charge in [0.15, 0.2) is 5.82 Å². The zero-order valence-electron chi connectivity index (χ0n) is 8.49. The monoisotopic (exact) mass is 197 g/mol. The van der Waals surface area contributed by atoms with Gasteiger partial charge in [0.2, 0.25) is 5.89 Å². The molecule has 1 saturated carbocycles. The molecule has 0 aromatic carbocycles. The minimum atomic E-state index is 0.430. The minimum Gasteiger partial charge on any atom is -0.381 e. The van der Waals surface area contributed by atoms with Crippen molar-refractivity contribution in [1.29, 1.82) is 0 Å². The molecule has 0 unspecified atom stereocenters. The van der Waals surface area contributed by atoms with Gasteiger partial charge in [0, 0.05) is 20.1 Å². The molecular weight excluding hydrogens is 182 g/mol. The van der Waals surface area contributed by atoms with E-state index in [1.54, 1.807) is 14.0 Å². The number of nitrogens with one attached hydrogen (secondary N) is 1. The summed E-state index contributed by atoms with van der Waals surface area (Å²) in [5, 5.41) is 7.15. The lowest BCUT2D eigenvalue weighted by molar-refractivity contribution is 0.0168. The van der Waals surface area contributed by atoms with Crippen LogP contribution in [-0.2, 0) is 11.3 Å². The van der Waals surface area contributed by atoms with Crippen LogP contribution in [0, 0.1) is 6.92 Å². The van der Waals surface area contributed by atoms with Crippen LogP contribution >= 0.6 is 0 Å². The van der Waals surface area contributed by atoms with Crippen LogP contribution < -0.4 is 5.32 Å². The highest BCUT2D eigenvalue weighted by Crippen LogP contribution is 2.22. The molecule has 0 saturated heterocycles. The molecule has 0 spiro atoms. The Morgan fingerprint density at radius 2 is 2.36 bits per heavy atom. The zero-order valence-corrected chi connectivity index (χ0v) is 8.49. The summed E-state index contributed by atoms with van der Waals surface area (Å²) >= 11 is 0. The van der Waals surface area contributed by atoms with E-state index in [1.807, 2.05) is 0 Å². The van der Waals surface area contributed by atoms with Gasteiger partial charge in [-0.1, -0.05) is 5.16 Å². The fourth-order valence-electron chi connectivity index (χ4n) is 1.57. The Balaban J connectivity index is 1.69. The van der Waals surface area contributed by atoms with Crippen molar-refractivity contribution in [2.45, 2.75) is 38.5 Å². The first-order valence-electron chi connectivity index (χ1n) is 4.83. The first kappa shape index (κ1) is 9.61. The molecule has 5 heteroatoms. The van der Waals surface area contributed by atoms with E-state index in [1.165, 1.54) is 0 Å². The van der Waals surface area contributed by atoms with Gasteiger partial charge in [-0.2, -0.15) is 4.98 Å². The number of methoxy groups -OCH3 is 1. The molecule has 78 valence electrons. The highest BCUT2D eigenvalue weighted by molar-refractivity contribution is 4.89. The maximum absolute atomic E-state index is 5.18. The van der Waals surface area contributed by atoms with Gasteiger partial charge in [-0.05, 0) is 12.8 Å². The van der Waals surface area contributed by atoms with E-state index in [0.717, 1.165) is 18.7 Å². The third kappa shape index (κ3) is 2.10. The van der Waals surface area contributed by atoms with Crippen LogP contribution in [0.15, 0.2) is 4.52 Å². The van der Waals surface area contributed by atoms with Gasteiger partial charge in [-0.25, -0.2) is 0 Å². The highest BCUT2D eigenvalue weighted by Gasteiger charge is 2.28. The predicted octanol–water partition coefficient (Wildman–Crippen LogP) is 0.645. The molecule has 1 heterocycles. The Bertz CT molecular complexity index is 294. The highest BCUT2D eigenvalue weighted by atomic mass is 16.5. The molecule has 14 heavy (non-hydrogen) atoms. The van der Waals surface area contributed by atoms with Crippen molar-refractivity contribution in [2.75, 3.05) is 7.11 Å². The van der Waals surface area contributed by atoms with Crippen molar-refractivity contribution in [1.82, 2.24) is 15.5 Å². The molecule has 0 bridgehead atoms. The molecule has 1 aliphatic rings. The number of ether oxygens (including phenoxy) is 1. The number of hydrogen-bond donors (Lipinski definition) is 1. The average Bonchev–Trinajstić information content (AvgIpc) is 2.49. The molecule has 0 amide bonds. The van der Waals surface area contributed by atoms with Crippen LogP contribution in [0.4, 0.5) is 0 Å². The van der Waals surface area contributed by atoms with Crippen molar-refractivity contribution < 1.29 is 9.26 Å². The molecule has 5 nitrogen and oxygen atoms in total. The maximum Gasteiger partial charge on any atom is 0.223 e. The quantitative estimate of drug-likeness (QED) is 0.767. The van der Waals surface area contributed by atoms with Crippen LogP contribution in [0.5, 0.6) is 0 Å². The molecule has 1 aromatic heterocycles. The second-order valence-electron chi connectivity index (χ2n) is 3.64. The average molecular weight is 197 g/mol. The van der Waals surface area contributed by atoms with E-state index in [0.29, 0.717) is 24.6 Å². The van der Waals surface area contributed by atoms with Crippen molar-refractivity contribution in [2.24, 2.45) is 0 Å². The van der Waals surface area contributed by atoms with Crippen LogP contribution in [0.2, 0.25) is 0 Å². The number of hydrogen-bond acceptors (Lipinski definition) is 5. The molecule has 2 rings (SSSR count). The van der Waals surface area contributed by atoms with Gasteiger partial charge in [0.25, 0.3) is 0 Å². The fraction of sp³-hybridized carbons (Fsp3) is 0.778. The summed E-state index contributed by atoms with van der Waals surface area (Å²) in [6.45, 7) is 2.47. The standard InChI is InChI=1S/C9H15N3O2/c1-6-11-9(12-14-6)5-10-7-3-8(4-7)13-2/h7-8,10H,3-5H2,1-2H3. The smallest absolute Gasteiger partial charge is 0.223 e. The Labute approximate surface area is 82.8 Å². The number of nitrogens with zero attached hydrogens (tertiary/aromatic N) is 2. The van der Waals surface area contributed by atoms with Crippen molar-refractivity contribution >= 4 is 0 Å². The second kappa shape index (κ2) is 4.06. The van der Waals surface area contributed by atoms with Gasteiger partial charge in [0.05, 0.1) is 12.6 Å². The Morgan fingerprint density at radius 1 is 1.57 bits per heavy atom. The summed E-state index contributed by atoms with van der Waals surface area (Å²) in [6, 6.07) is 0.541. The van der Waals surface area contributed by atoms with Crippen molar-refractivity contribution in [3.63, 3.8) is 0 Å². The lowest BCUT2D eigenvalue weighted by Gasteiger charge is -2.34. The van der Waals surface area contributed by atoms with Crippen molar-refractivity contribution in [3.05, 3.63) is 11.7 Å². The van der Waals surface area contributed by atoms with Gasteiger partial charge >= 0.3 is 0 Å². The largest absolute Gasteiger partial charge is 0.381 e. The summed E-state index contributed by atoms with van der Waals surface area (Å²) in [5.74, 6) is 1.34. The van der Waals surface area contributed by atoms with Crippen LogP contribution in [-0.4, -0.2) is 29.4 Å². The molecular formula is C9H15N3O2. The first-order valence-corrected chi connectivity index (χ1v) is 4.83. The third-order valence-corrected chi connectivity index (χ3v) is 2.55. The van der Waals surface area contributed by atoms with Gasteiger partial charge in [-0.15, -0.1) is 0 Å². The van der Waals surface area contributed by atoms with E-state index < -0.39 is 0 Å². The molecule has 0 radical (unpaired) electrons. The molecule has 1 fully saturated rings. The van der Waals surface area contributed by atoms with Crippen LogP contribution in [0.1, 0.15) is 24.6 Å². The lowest BCUT2D eigenvalue weighted by Crippen LogP contribution is -2.44. The Hall–Kier alpha value is -0.940. The second-order valence-corrected chi connectivity index (χ2v) is 3.64. The molecule has 1 N–H and O–H groups in total. The number of aryl methyl sites for hydroxylation is 1. The van der Waals surface area contributed by atoms with E-state index in [-0.39, 0.29) is 0 Å². The third-order valence-electron chi connectivity index (χ3n) is 2.55. The molecule has 0 aliphatic heterocycles. The first-order chi connectivity index (χ1) is 6.78. The summed E-state index contributed by atoms with van der Waals surface area (Å²) in [5.41, 5.74) is 0. The Morgan fingerprint density at radius 3 is 2.93 bits per heavy atom. The summed E-state index contributed by atoms with van der Waals surface area (Å²) < 4.78 is 10.0. The molecule has 0 atom stereocenters. The molecule has 1 aliphatic carbocycles. The van der Waals surface area contributed by atoms with Crippen LogP contribution in [0.3, 0.4) is 0 Å². The van der Waals surface area contributed by atoms with Gasteiger partial charge in [-0.3, -0.25) is 0 Å². The SMILES string of the molecule is COC1CC(NCc2noc(C)n2)C1. The minimum absolute atomic E-state index is 0.430. The normalized spacial score (nSPS) is 26.1. The summed E-state index contributed by atoms with van der Waals surface area (Å²) in [6.07, 6.45) is 2.58.